The van der Waals surface area contributed by atoms with Gasteiger partial charge in [-0.05, 0) is 13.8 Å². The molecule has 1 aromatic heterocycles. The fourth-order valence-electron chi connectivity index (χ4n) is 1.73. The van der Waals surface area contributed by atoms with Gasteiger partial charge in [0.05, 0.1) is 18.6 Å². The summed E-state index contributed by atoms with van der Waals surface area (Å²) in [7, 11) is 1.11. The number of aryl methyl sites for hydroxylation is 1. The second-order valence-corrected chi connectivity index (χ2v) is 4.28. The number of amides is 1. The van der Waals surface area contributed by atoms with Gasteiger partial charge in [0.25, 0.3) is 0 Å². The van der Waals surface area contributed by atoms with Crippen LogP contribution in [0.15, 0.2) is 0 Å². The third-order valence-electron chi connectivity index (χ3n) is 2.79. The molecular formula is C11H16N4O6. The molecule has 116 valence electrons. The van der Waals surface area contributed by atoms with E-state index in [-0.39, 0.29) is 30.2 Å². The highest BCUT2D eigenvalue weighted by Crippen LogP contribution is 2.21. The van der Waals surface area contributed by atoms with Crippen molar-refractivity contribution >= 4 is 17.6 Å². The molecular weight excluding hydrogens is 284 g/mol. The molecule has 10 nitrogen and oxygen atoms in total. The Morgan fingerprint density at radius 2 is 2.14 bits per heavy atom. The summed E-state index contributed by atoms with van der Waals surface area (Å²) in [5.41, 5.74) is 0.318. The number of ether oxygens (including phenoxy) is 1. The molecule has 21 heavy (non-hydrogen) atoms. The Morgan fingerprint density at radius 1 is 1.52 bits per heavy atom. The van der Waals surface area contributed by atoms with Gasteiger partial charge in [-0.25, -0.2) is 4.79 Å². The average Bonchev–Trinajstić information content (AvgIpc) is 2.69. The maximum Gasteiger partial charge on any atom is 0.336 e. The van der Waals surface area contributed by atoms with Crippen molar-refractivity contribution < 1.29 is 24.4 Å². The molecule has 2 N–H and O–H groups in total. The highest BCUT2D eigenvalue weighted by Gasteiger charge is 2.23. The number of esters is 1. The van der Waals surface area contributed by atoms with Crippen molar-refractivity contribution in [2.24, 2.45) is 0 Å². The van der Waals surface area contributed by atoms with Crippen molar-refractivity contribution in [2.75, 3.05) is 13.7 Å². The van der Waals surface area contributed by atoms with Gasteiger partial charge in [0, 0.05) is 0 Å². The van der Waals surface area contributed by atoms with E-state index in [0.717, 1.165) is 7.11 Å². The molecule has 0 spiro atoms. The smallest absolute Gasteiger partial charge is 0.336 e. The van der Waals surface area contributed by atoms with E-state index in [1.807, 2.05) is 0 Å². The average molecular weight is 300 g/mol. The first kappa shape index (κ1) is 16.6. The summed E-state index contributed by atoms with van der Waals surface area (Å²) in [6.45, 7) is 2.39. The first-order valence-electron chi connectivity index (χ1n) is 5.99. The van der Waals surface area contributed by atoms with E-state index >= 15 is 0 Å². The van der Waals surface area contributed by atoms with Gasteiger partial charge < -0.3 is 15.2 Å². The third-order valence-corrected chi connectivity index (χ3v) is 2.79. The van der Waals surface area contributed by atoms with E-state index in [1.54, 1.807) is 0 Å². The molecule has 0 aliphatic rings. The van der Waals surface area contributed by atoms with Crippen LogP contribution in [0.1, 0.15) is 11.4 Å². The fraction of sp³-hybridized carbons (Fsp3) is 0.545. The highest BCUT2D eigenvalue weighted by atomic mass is 16.6. The van der Waals surface area contributed by atoms with E-state index < -0.39 is 22.9 Å². The zero-order valence-corrected chi connectivity index (χ0v) is 11.8. The summed E-state index contributed by atoms with van der Waals surface area (Å²) in [5.74, 6) is -1.41. The van der Waals surface area contributed by atoms with Crippen molar-refractivity contribution in [1.82, 2.24) is 15.1 Å². The lowest BCUT2D eigenvalue weighted by Gasteiger charge is -2.10. The van der Waals surface area contributed by atoms with Crippen LogP contribution in [0.4, 0.5) is 5.69 Å². The SMILES string of the molecule is COC(=O)C(O)CNC(=O)Cn1nc(C)c([N+](=O)[O-])c1C. The highest BCUT2D eigenvalue weighted by molar-refractivity contribution is 5.78. The molecule has 1 rings (SSSR count). The zero-order valence-electron chi connectivity index (χ0n) is 11.8. The molecule has 0 aliphatic carbocycles. The van der Waals surface area contributed by atoms with Crippen molar-refractivity contribution in [1.29, 1.82) is 0 Å². The van der Waals surface area contributed by atoms with Gasteiger partial charge in [0.1, 0.15) is 17.9 Å². The maximum atomic E-state index is 11.7. The second-order valence-electron chi connectivity index (χ2n) is 4.28. The van der Waals surface area contributed by atoms with Crippen LogP contribution in [0, 0.1) is 24.0 Å². The summed E-state index contributed by atoms with van der Waals surface area (Å²) in [5, 5.41) is 26.4. The number of methoxy groups -OCH3 is 1. The summed E-state index contributed by atoms with van der Waals surface area (Å²) in [6, 6.07) is 0. The Bertz CT molecular complexity index is 567. The molecule has 0 bridgehead atoms. The van der Waals surface area contributed by atoms with Crippen molar-refractivity contribution in [2.45, 2.75) is 26.5 Å². The molecule has 1 amide bonds. The van der Waals surface area contributed by atoms with Crippen LogP contribution in [0.3, 0.4) is 0 Å². The van der Waals surface area contributed by atoms with E-state index in [4.69, 9.17) is 0 Å². The largest absolute Gasteiger partial charge is 0.467 e. The third kappa shape index (κ3) is 3.99. The number of hydrogen-bond acceptors (Lipinski definition) is 7. The summed E-state index contributed by atoms with van der Waals surface area (Å²) >= 11 is 0. The van der Waals surface area contributed by atoms with E-state index in [9.17, 15) is 24.8 Å². The fourth-order valence-corrected chi connectivity index (χ4v) is 1.73. The number of aromatic nitrogens is 2. The topological polar surface area (TPSA) is 137 Å². The van der Waals surface area contributed by atoms with E-state index in [1.165, 1.54) is 18.5 Å². The van der Waals surface area contributed by atoms with Gasteiger partial charge in [-0.15, -0.1) is 0 Å². The predicted molar refractivity (Wildman–Crippen MR) is 69.4 cm³/mol. The lowest BCUT2D eigenvalue weighted by Crippen LogP contribution is -2.38. The van der Waals surface area contributed by atoms with Gasteiger partial charge in [0.15, 0.2) is 6.10 Å². The van der Waals surface area contributed by atoms with Gasteiger partial charge >= 0.3 is 11.7 Å². The molecule has 0 aromatic carbocycles. The molecule has 1 unspecified atom stereocenters. The number of carbonyl (C=O) groups excluding carboxylic acids is 2. The quantitative estimate of drug-likeness (QED) is 0.393. The predicted octanol–water partition coefficient (Wildman–Crippen LogP) is -0.942. The number of aliphatic hydroxyl groups excluding tert-OH is 1. The van der Waals surface area contributed by atoms with Crippen LogP contribution >= 0.6 is 0 Å². The zero-order chi connectivity index (χ0) is 16.2. The number of nitrogens with zero attached hydrogens (tertiary/aromatic N) is 3. The van der Waals surface area contributed by atoms with Crippen LogP contribution in [-0.4, -0.2) is 51.4 Å². The van der Waals surface area contributed by atoms with Crippen molar-refractivity contribution in [3.05, 3.63) is 21.5 Å². The minimum atomic E-state index is -1.46. The standard InChI is InChI=1S/C11H16N4O6/c1-6-10(15(19)20)7(2)14(13-6)5-9(17)12-4-8(16)11(18)21-3/h8,16H,4-5H2,1-3H3,(H,12,17). The minimum absolute atomic E-state index is 0.141. The second kappa shape index (κ2) is 6.79. The van der Waals surface area contributed by atoms with Crippen LogP contribution < -0.4 is 5.32 Å². The Balaban J connectivity index is 2.66. The van der Waals surface area contributed by atoms with Crippen molar-refractivity contribution in [3.8, 4) is 0 Å². The lowest BCUT2D eigenvalue weighted by atomic mass is 10.3. The Morgan fingerprint density at radius 3 is 2.62 bits per heavy atom. The Hall–Kier alpha value is -2.49. The molecule has 1 atom stereocenters. The number of rotatable bonds is 6. The van der Waals surface area contributed by atoms with Crippen molar-refractivity contribution in [3.63, 3.8) is 0 Å². The summed E-state index contributed by atoms with van der Waals surface area (Å²) < 4.78 is 5.48. The monoisotopic (exact) mass is 300 g/mol. The number of nitrogens with one attached hydrogen (secondary N) is 1. The number of aliphatic hydroxyl groups is 1. The molecule has 1 aromatic rings. The molecule has 1 heterocycles. The minimum Gasteiger partial charge on any atom is -0.467 e. The molecule has 0 aliphatic heterocycles. The normalized spacial score (nSPS) is 11.8. The first-order valence-corrected chi connectivity index (χ1v) is 5.99. The number of nitro groups is 1. The molecule has 0 saturated carbocycles. The van der Waals surface area contributed by atoms with Gasteiger partial charge in [-0.1, -0.05) is 0 Å². The Labute approximate surface area is 119 Å². The van der Waals surface area contributed by atoms with Crippen LogP contribution in [0.25, 0.3) is 0 Å². The first-order chi connectivity index (χ1) is 9.77. The van der Waals surface area contributed by atoms with Gasteiger partial charge in [-0.2, -0.15) is 5.10 Å². The van der Waals surface area contributed by atoms with Crippen LogP contribution in [0.5, 0.6) is 0 Å². The van der Waals surface area contributed by atoms with E-state index in [0.29, 0.717) is 0 Å². The number of carbonyl (C=O) groups is 2. The number of hydrogen-bond donors (Lipinski definition) is 2. The molecule has 0 saturated heterocycles. The molecule has 0 fully saturated rings. The van der Waals surface area contributed by atoms with Gasteiger partial charge in [-0.3, -0.25) is 19.6 Å². The summed E-state index contributed by atoms with van der Waals surface area (Å²) in [6.07, 6.45) is -1.46. The molecule has 0 radical (unpaired) electrons. The van der Waals surface area contributed by atoms with Crippen LogP contribution in [0.2, 0.25) is 0 Å². The Kier molecular flexibility index (Phi) is 5.36. The van der Waals surface area contributed by atoms with E-state index in [2.05, 4.69) is 15.2 Å². The molecule has 10 heteroatoms. The van der Waals surface area contributed by atoms with Crippen LogP contribution in [-0.2, 0) is 20.9 Å². The summed E-state index contributed by atoms with van der Waals surface area (Å²) in [4.78, 5) is 32.9. The lowest BCUT2D eigenvalue weighted by molar-refractivity contribution is -0.386. The maximum absolute atomic E-state index is 11.7. The van der Waals surface area contributed by atoms with Gasteiger partial charge in [0.2, 0.25) is 5.91 Å².